The zero-order valence-electron chi connectivity index (χ0n) is 9.00. The van der Waals surface area contributed by atoms with Crippen LogP contribution in [0, 0.1) is 6.92 Å². The summed E-state index contributed by atoms with van der Waals surface area (Å²) in [7, 11) is 0. The van der Waals surface area contributed by atoms with E-state index >= 15 is 0 Å². The highest BCUT2D eigenvalue weighted by Crippen LogP contribution is 2.21. The first-order valence-electron chi connectivity index (χ1n) is 4.73. The molecule has 0 spiro atoms. The van der Waals surface area contributed by atoms with Crippen LogP contribution in [0.15, 0.2) is 18.2 Å². The summed E-state index contributed by atoms with van der Waals surface area (Å²) in [6.07, 6.45) is 0. The van der Waals surface area contributed by atoms with Crippen LogP contribution >= 0.6 is 23.4 Å². The first kappa shape index (κ1) is 12.4. The van der Waals surface area contributed by atoms with E-state index in [1.807, 2.05) is 32.9 Å². The number of hydrogen-bond acceptors (Lipinski definition) is 2. The molecular weight excluding hydrogens is 230 g/mol. The summed E-state index contributed by atoms with van der Waals surface area (Å²) in [6.45, 7) is 5.89. The highest BCUT2D eigenvalue weighted by Gasteiger charge is 2.07. The number of rotatable bonds is 2. The third-order valence-corrected chi connectivity index (χ3v) is 2.79. The van der Waals surface area contributed by atoms with E-state index in [0.717, 1.165) is 11.3 Å². The maximum atomic E-state index is 11.5. The van der Waals surface area contributed by atoms with Gasteiger partial charge in [0.05, 0.1) is 0 Å². The smallest absolute Gasteiger partial charge is 0.283 e. The number of amides is 1. The lowest BCUT2D eigenvalue weighted by atomic mass is 10.2. The minimum atomic E-state index is -0.0320. The second-order valence-corrected chi connectivity index (χ2v) is 5.52. The van der Waals surface area contributed by atoms with E-state index in [-0.39, 0.29) is 10.5 Å². The van der Waals surface area contributed by atoms with E-state index in [2.05, 4.69) is 5.32 Å². The Balaban J connectivity index is 2.68. The fourth-order valence-electron chi connectivity index (χ4n) is 1.12. The highest BCUT2D eigenvalue weighted by molar-refractivity contribution is 8.14. The maximum Gasteiger partial charge on any atom is 0.283 e. The molecule has 0 saturated heterocycles. The monoisotopic (exact) mass is 243 g/mol. The zero-order valence-corrected chi connectivity index (χ0v) is 10.6. The molecule has 1 amide bonds. The summed E-state index contributed by atoms with van der Waals surface area (Å²) in [6, 6.07) is 5.41. The molecule has 0 fully saturated rings. The number of anilines is 1. The van der Waals surface area contributed by atoms with Crippen molar-refractivity contribution in [1.29, 1.82) is 0 Å². The third kappa shape index (κ3) is 4.14. The zero-order chi connectivity index (χ0) is 11.4. The molecule has 4 heteroatoms. The normalized spacial score (nSPS) is 10.5. The predicted octanol–water partition coefficient (Wildman–Crippen LogP) is 4.32. The molecule has 0 heterocycles. The standard InChI is InChI=1S/C11H14ClNOS/c1-7(2)15-11(14)13-10-5-4-9(12)6-8(10)3/h4-7H,1-3H3,(H,13,14). The molecule has 0 aliphatic heterocycles. The average molecular weight is 244 g/mol. The molecule has 0 atom stereocenters. The maximum absolute atomic E-state index is 11.5. The summed E-state index contributed by atoms with van der Waals surface area (Å²) in [4.78, 5) is 11.5. The Kier molecular flexibility index (Phi) is 4.48. The van der Waals surface area contributed by atoms with Gasteiger partial charge in [-0.2, -0.15) is 0 Å². The van der Waals surface area contributed by atoms with Crippen LogP contribution in [0.3, 0.4) is 0 Å². The molecule has 0 bridgehead atoms. The van der Waals surface area contributed by atoms with Gasteiger partial charge in [0.15, 0.2) is 0 Å². The van der Waals surface area contributed by atoms with E-state index in [4.69, 9.17) is 11.6 Å². The Labute approximate surface area is 99.4 Å². The number of benzene rings is 1. The molecule has 2 nitrogen and oxygen atoms in total. The minimum absolute atomic E-state index is 0.0320. The molecule has 0 saturated carbocycles. The quantitative estimate of drug-likeness (QED) is 0.838. The van der Waals surface area contributed by atoms with Crippen LogP contribution in [-0.2, 0) is 0 Å². The van der Waals surface area contributed by atoms with Gasteiger partial charge in [-0.1, -0.05) is 37.2 Å². The number of aryl methyl sites for hydroxylation is 1. The summed E-state index contributed by atoms with van der Waals surface area (Å²) in [5, 5.41) is 3.77. The number of hydrogen-bond donors (Lipinski definition) is 1. The van der Waals surface area contributed by atoms with Gasteiger partial charge in [-0.3, -0.25) is 4.79 Å². The summed E-state index contributed by atoms with van der Waals surface area (Å²) >= 11 is 7.10. The van der Waals surface area contributed by atoms with E-state index in [1.54, 1.807) is 6.07 Å². The molecule has 0 aliphatic rings. The van der Waals surface area contributed by atoms with Crippen LogP contribution in [0.4, 0.5) is 10.5 Å². The lowest BCUT2D eigenvalue weighted by molar-refractivity contribution is 0.269. The largest absolute Gasteiger partial charge is 0.317 e. The predicted molar refractivity (Wildman–Crippen MR) is 67.9 cm³/mol. The third-order valence-electron chi connectivity index (χ3n) is 1.77. The molecule has 15 heavy (non-hydrogen) atoms. The molecule has 0 aromatic heterocycles. The van der Waals surface area contributed by atoms with Crippen molar-refractivity contribution in [2.45, 2.75) is 26.0 Å². The van der Waals surface area contributed by atoms with Crippen molar-refractivity contribution in [3.8, 4) is 0 Å². The number of halogens is 1. The van der Waals surface area contributed by atoms with Gasteiger partial charge in [0.1, 0.15) is 0 Å². The van der Waals surface area contributed by atoms with Gasteiger partial charge in [-0.05, 0) is 30.7 Å². The number of carbonyl (C=O) groups excluding carboxylic acids is 1. The second-order valence-electron chi connectivity index (χ2n) is 3.54. The highest BCUT2D eigenvalue weighted by atomic mass is 35.5. The molecule has 0 aliphatic carbocycles. The van der Waals surface area contributed by atoms with Gasteiger partial charge >= 0.3 is 0 Å². The lowest BCUT2D eigenvalue weighted by Crippen LogP contribution is -2.08. The van der Waals surface area contributed by atoms with Crippen LogP contribution in [0.2, 0.25) is 5.02 Å². The van der Waals surface area contributed by atoms with Crippen molar-refractivity contribution in [3.63, 3.8) is 0 Å². The van der Waals surface area contributed by atoms with Crippen molar-refractivity contribution < 1.29 is 4.79 Å². The Morgan fingerprint density at radius 2 is 2.13 bits per heavy atom. The van der Waals surface area contributed by atoms with Gasteiger partial charge in [-0.25, -0.2) is 0 Å². The molecule has 1 aromatic carbocycles. The molecule has 1 rings (SSSR count). The fourth-order valence-corrected chi connectivity index (χ4v) is 1.94. The van der Waals surface area contributed by atoms with Crippen LogP contribution in [0.25, 0.3) is 0 Å². The lowest BCUT2D eigenvalue weighted by Gasteiger charge is -2.09. The number of thioether (sulfide) groups is 1. The Hall–Kier alpha value is -0.670. The minimum Gasteiger partial charge on any atom is -0.317 e. The van der Waals surface area contributed by atoms with Crippen LogP contribution in [-0.4, -0.2) is 10.5 Å². The van der Waals surface area contributed by atoms with Gasteiger partial charge < -0.3 is 5.32 Å². The Morgan fingerprint density at radius 3 is 2.67 bits per heavy atom. The van der Waals surface area contributed by atoms with Crippen LogP contribution in [0.1, 0.15) is 19.4 Å². The molecule has 82 valence electrons. The topological polar surface area (TPSA) is 29.1 Å². The molecule has 0 radical (unpaired) electrons. The van der Waals surface area contributed by atoms with Crippen LogP contribution in [0.5, 0.6) is 0 Å². The Bertz CT molecular complexity index is 366. The first-order chi connectivity index (χ1) is 6.99. The summed E-state index contributed by atoms with van der Waals surface area (Å²) in [5.41, 5.74) is 1.79. The molecule has 0 unspecified atom stereocenters. The molecule has 1 aromatic rings. The van der Waals surface area contributed by atoms with Crippen molar-refractivity contribution in [3.05, 3.63) is 28.8 Å². The SMILES string of the molecule is Cc1cc(Cl)ccc1NC(=O)SC(C)C. The van der Waals surface area contributed by atoms with Gasteiger partial charge in [-0.15, -0.1) is 0 Å². The van der Waals surface area contributed by atoms with Gasteiger partial charge in [0, 0.05) is 16.0 Å². The fraction of sp³-hybridized carbons (Fsp3) is 0.364. The van der Waals surface area contributed by atoms with E-state index in [0.29, 0.717) is 5.02 Å². The number of nitrogens with one attached hydrogen (secondary N) is 1. The van der Waals surface area contributed by atoms with Gasteiger partial charge in [0.2, 0.25) is 0 Å². The van der Waals surface area contributed by atoms with E-state index in [9.17, 15) is 4.79 Å². The van der Waals surface area contributed by atoms with Crippen LogP contribution < -0.4 is 5.32 Å². The van der Waals surface area contributed by atoms with E-state index in [1.165, 1.54) is 11.8 Å². The van der Waals surface area contributed by atoms with Crippen molar-refractivity contribution in [1.82, 2.24) is 0 Å². The van der Waals surface area contributed by atoms with Crippen molar-refractivity contribution in [2.24, 2.45) is 0 Å². The van der Waals surface area contributed by atoms with Crippen molar-refractivity contribution in [2.75, 3.05) is 5.32 Å². The van der Waals surface area contributed by atoms with E-state index < -0.39 is 0 Å². The number of carbonyl (C=O) groups is 1. The Morgan fingerprint density at radius 1 is 1.47 bits per heavy atom. The molecular formula is C11H14ClNOS. The summed E-state index contributed by atoms with van der Waals surface area (Å²) < 4.78 is 0. The average Bonchev–Trinajstić information content (AvgIpc) is 2.08. The first-order valence-corrected chi connectivity index (χ1v) is 5.98. The van der Waals surface area contributed by atoms with Crippen molar-refractivity contribution >= 4 is 34.3 Å². The summed E-state index contributed by atoms with van der Waals surface area (Å²) in [5.74, 6) is 0. The second kappa shape index (κ2) is 5.42. The molecule has 1 N–H and O–H groups in total. The van der Waals surface area contributed by atoms with Gasteiger partial charge in [0.25, 0.3) is 5.24 Å².